The van der Waals surface area contributed by atoms with Gasteiger partial charge in [-0.25, -0.2) is 0 Å². The third-order valence-electron chi connectivity index (χ3n) is 7.79. The van der Waals surface area contributed by atoms with Crippen LogP contribution in [-0.2, 0) is 24.1 Å². The fourth-order valence-corrected chi connectivity index (χ4v) is 7.24. The molecule has 2 aliphatic carbocycles. The quantitative estimate of drug-likeness (QED) is 0.242. The number of likely N-dealkylation sites (tertiary alicyclic amines) is 1. The van der Waals surface area contributed by atoms with E-state index in [1.165, 1.54) is 59.7 Å². The first-order valence-corrected chi connectivity index (χ1v) is 15.3. The van der Waals surface area contributed by atoms with Gasteiger partial charge in [-0.1, -0.05) is 93.9 Å². The van der Waals surface area contributed by atoms with Crippen molar-refractivity contribution in [2.45, 2.75) is 51.5 Å². The zero-order chi connectivity index (χ0) is 26.0. The largest absolute Gasteiger partial charge is 0.467 e. The molecule has 0 amide bonds. The van der Waals surface area contributed by atoms with Crippen molar-refractivity contribution in [1.82, 2.24) is 4.90 Å². The van der Waals surface area contributed by atoms with Crippen molar-refractivity contribution < 1.29 is 9.47 Å². The Morgan fingerprint density at radius 3 is 2.26 bits per heavy atom. The van der Waals surface area contributed by atoms with Gasteiger partial charge in [0, 0.05) is 19.0 Å². The topological polar surface area (TPSA) is 21.7 Å². The van der Waals surface area contributed by atoms with E-state index < -0.39 is 0 Å². The molecule has 1 heterocycles. The summed E-state index contributed by atoms with van der Waals surface area (Å²) in [6, 6.07) is 13.9. The predicted molar refractivity (Wildman–Crippen MR) is 162 cm³/mol. The number of hydrogen-bond acceptors (Lipinski definition) is 3. The van der Waals surface area contributed by atoms with E-state index in [1.54, 1.807) is 7.11 Å². The summed E-state index contributed by atoms with van der Waals surface area (Å²) in [4.78, 5) is 2.63. The summed E-state index contributed by atoms with van der Waals surface area (Å²) in [6.07, 6.45) is 26.2. The minimum absolute atomic E-state index is 0.274. The summed E-state index contributed by atoms with van der Waals surface area (Å²) in [5.74, 6) is 2.09. The highest BCUT2D eigenvalue weighted by atomic mass is 31.1. The summed E-state index contributed by atoms with van der Waals surface area (Å²) in [5.41, 5.74) is 4.19. The van der Waals surface area contributed by atoms with Crippen LogP contribution in [0.4, 0.5) is 0 Å². The Balaban J connectivity index is 1.48. The van der Waals surface area contributed by atoms with Crippen LogP contribution in [0.2, 0.25) is 0 Å². The Hall–Kier alpha value is -2.45. The van der Waals surface area contributed by atoms with E-state index in [2.05, 4.69) is 89.9 Å². The molecule has 3 atom stereocenters. The van der Waals surface area contributed by atoms with E-state index in [1.807, 2.05) is 0 Å². The van der Waals surface area contributed by atoms with Gasteiger partial charge in [-0.2, -0.15) is 0 Å². The molecule has 3 nitrogen and oxygen atoms in total. The van der Waals surface area contributed by atoms with Crippen molar-refractivity contribution in [3.63, 3.8) is 0 Å². The Kier molecular flexibility index (Phi) is 10.1. The minimum Gasteiger partial charge on any atom is -0.467 e. The number of methoxy groups -OCH3 is 1. The van der Waals surface area contributed by atoms with E-state index in [9.17, 15) is 0 Å². The van der Waals surface area contributed by atoms with Crippen molar-refractivity contribution in [3.05, 3.63) is 102 Å². The molecule has 4 heteroatoms. The van der Waals surface area contributed by atoms with Crippen molar-refractivity contribution in [3.8, 4) is 5.75 Å². The maximum Gasteiger partial charge on any atom is 0.188 e. The summed E-state index contributed by atoms with van der Waals surface area (Å²) in [7, 11) is 2.26. The molecule has 0 aromatic heterocycles. The molecule has 0 saturated carbocycles. The molecule has 1 fully saturated rings. The van der Waals surface area contributed by atoms with Crippen LogP contribution in [0.25, 0.3) is 0 Å². The minimum atomic E-state index is 0.274. The molecule has 2 aromatic carbocycles. The average molecular weight is 528 g/mol. The molecular weight excluding hydrogens is 485 g/mol. The van der Waals surface area contributed by atoms with E-state index >= 15 is 0 Å². The highest BCUT2D eigenvalue weighted by molar-refractivity contribution is 7.55. The molecule has 1 saturated heterocycles. The summed E-state index contributed by atoms with van der Waals surface area (Å²) in [5, 5.41) is 2.75. The Morgan fingerprint density at radius 2 is 1.55 bits per heavy atom. The monoisotopic (exact) mass is 527 g/mol. The number of piperidine rings is 1. The lowest BCUT2D eigenvalue weighted by Crippen LogP contribution is -2.30. The Morgan fingerprint density at radius 1 is 0.816 bits per heavy atom. The van der Waals surface area contributed by atoms with Crippen LogP contribution in [0.3, 0.4) is 0 Å². The van der Waals surface area contributed by atoms with Crippen LogP contribution < -0.4 is 15.3 Å². The number of ether oxygens (including phenoxy) is 2. The van der Waals surface area contributed by atoms with E-state index in [-0.39, 0.29) is 6.79 Å². The van der Waals surface area contributed by atoms with Crippen LogP contribution in [0, 0.1) is 11.8 Å². The maximum absolute atomic E-state index is 6.37. The van der Waals surface area contributed by atoms with Gasteiger partial charge in [0.05, 0.1) is 0 Å². The Bertz CT molecular complexity index is 1180. The van der Waals surface area contributed by atoms with Gasteiger partial charge in [-0.15, -0.1) is 0 Å². The summed E-state index contributed by atoms with van der Waals surface area (Å²) >= 11 is 0. The van der Waals surface area contributed by atoms with Crippen molar-refractivity contribution in [2.75, 3.05) is 27.0 Å². The van der Waals surface area contributed by atoms with Gasteiger partial charge in [-0.05, 0) is 91.5 Å². The fourth-order valence-electron chi connectivity index (χ4n) is 5.84. The molecule has 0 spiro atoms. The van der Waals surface area contributed by atoms with Crippen LogP contribution in [0.15, 0.2) is 85.0 Å². The van der Waals surface area contributed by atoms with Gasteiger partial charge in [-0.3, -0.25) is 4.90 Å². The SMILES string of the molecule is COCOc1c(CC2C=CC=CC2)cc(CC2C=CC=CC2)cc1Pc1ccccc1CN1CCCCC1. The first kappa shape index (κ1) is 27.1. The predicted octanol–water partition coefficient (Wildman–Crippen LogP) is 6.63. The second-order valence-electron chi connectivity index (χ2n) is 10.8. The molecule has 200 valence electrons. The average Bonchev–Trinajstić information content (AvgIpc) is 2.95. The van der Waals surface area contributed by atoms with E-state index in [0.717, 1.165) is 38.0 Å². The molecular formula is C34H42NO2P. The normalized spacial score (nSPS) is 21.5. The van der Waals surface area contributed by atoms with Gasteiger partial charge >= 0.3 is 0 Å². The standard InChI is InChI=1S/C34H42NO2P/c1-36-26-37-34-31(22-28-15-7-3-8-16-28)23-29(21-27-13-5-2-6-14-27)24-33(34)38-32-18-10-9-17-30(32)25-35-19-11-4-12-20-35/h2-3,5-10,13,15,17-18,23-24,27-28,38H,4,11-12,14,16,19-22,25-26H2,1H3. The van der Waals surface area contributed by atoms with Crippen LogP contribution >= 0.6 is 8.58 Å². The zero-order valence-corrected chi connectivity index (χ0v) is 23.8. The lowest BCUT2D eigenvalue weighted by Gasteiger charge is -2.27. The first-order valence-electron chi connectivity index (χ1n) is 14.3. The van der Waals surface area contributed by atoms with Gasteiger partial charge in [0.2, 0.25) is 0 Å². The highest BCUT2D eigenvalue weighted by Crippen LogP contribution is 2.32. The van der Waals surface area contributed by atoms with Gasteiger partial charge in [0.25, 0.3) is 0 Å². The molecule has 2 aromatic rings. The Labute approximate surface area is 231 Å². The van der Waals surface area contributed by atoms with Crippen LogP contribution in [0.5, 0.6) is 5.75 Å². The number of benzene rings is 2. The third kappa shape index (κ3) is 7.56. The maximum atomic E-state index is 6.37. The molecule has 1 aliphatic heterocycles. The summed E-state index contributed by atoms with van der Waals surface area (Å²) in [6.45, 7) is 3.75. The third-order valence-corrected chi connectivity index (χ3v) is 9.19. The zero-order valence-electron chi connectivity index (χ0n) is 22.8. The van der Waals surface area contributed by atoms with Crippen molar-refractivity contribution in [2.24, 2.45) is 11.8 Å². The first-order chi connectivity index (χ1) is 18.8. The van der Waals surface area contributed by atoms with Crippen molar-refractivity contribution in [1.29, 1.82) is 0 Å². The second kappa shape index (κ2) is 14.1. The highest BCUT2D eigenvalue weighted by Gasteiger charge is 2.20. The van der Waals surface area contributed by atoms with E-state index in [4.69, 9.17) is 9.47 Å². The van der Waals surface area contributed by atoms with Crippen molar-refractivity contribution >= 4 is 19.2 Å². The van der Waals surface area contributed by atoms with Crippen LogP contribution in [-0.4, -0.2) is 31.9 Å². The molecule has 3 aliphatic rings. The molecule has 38 heavy (non-hydrogen) atoms. The van der Waals surface area contributed by atoms with E-state index in [0.29, 0.717) is 20.4 Å². The lowest BCUT2D eigenvalue weighted by atomic mass is 9.89. The summed E-state index contributed by atoms with van der Waals surface area (Å²) < 4.78 is 11.8. The molecule has 3 unspecified atom stereocenters. The fraction of sp³-hybridized carbons (Fsp3) is 0.412. The van der Waals surface area contributed by atoms with Crippen LogP contribution in [0.1, 0.15) is 48.8 Å². The second-order valence-corrected chi connectivity index (χ2v) is 12.2. The lowest BCUT2D eigenvalue weighted by molar-refractivity contribution is 0.0511. The number of hydrogen-bond donors (Lipinski definition) is 0. The molecule has 0 bridgehead atoms. The molecule has 0 N–H and O–H groups in total. The van der Waals surface area contributed by atoms with Gasteiger partial charge in [0.15, 0.2) is 6.79 Å². The number of rotatable bonds is 11. The smallest absolute Gasteiger partial charge is 0.188 e. The van der Waals surface area contributed by atoms with Gasteiger partial charge < -0.3 is 9.47 Å². The number of allylic oxidation sites excluding steroid dienone is 8. The number of nitrogens with zero attached hydrogens (tertiary/aromatic N) is 1. The van der Waals surface area contributed by atoms with Gasteiger partial charge in [0.1, 0.15) is 5.75 Å². The molecule has 0 radical (unpaired) electrons. The molecule has 5 rings (SSSR count).